The number of hydrogen-bond acceptors (Lipinski definition) is 5. The van der Waals surface area contributed by atoms with Gasteiger partial charge in [-0.1, -0.05) is 42.5 Å². The first-order valence-electron chi connectivity index (χ1n) is 7.80. The van der Waals surface area contributed by atoms with Gasteiger partial charge >= 0.3 is 0 Å². The molecule has 0 unspecified atom stereocenters. The van der Waals surface area contributed by atoms with Crippen molar-refractivity contribution in [1.82, 2.24) is 5.43 Å². The molecule has 0 fully saturated rings. The van der Waals surface area contributed by atoms with E-state index >= 15 is 0 Å². The molecule has 3 aromatic carbocycles. The Labute approximate surface area is 149 Å². The summed E-state index contributed by atoms with van der Waals surface area (Å²) in [6, 6.07) is 19.5. The lowest BCUT2D eigenvalue weighted by atomic mass is 10.1. The third-order valence-corrected chi connectivity index (χ3v) is 3.62. The number of amides is 1. The van der Waals surface area contributed by atoms with Crippen LogP contribution in [0.2, 0.25) is 0 Å². The molecular weight excluding hydrogens is 334 g/mol. The Morgan fingerprint density at radius 2 is 1.81 bits per heavy atom. The van der Waals surface area contributed by atoms with Crippen molar-refractivity contribution < 1.29 is 14.5 Å². The Morgan fingerprint density at radius 3 is 2.62 bits per heavy atom. The quantitative estimate of drug-likeness (QED) is 0.420. The number of nitrogens with zero attached hydrogens (tertiary/aromatic N) is 2. The van der Waals surface area contributed by atoms with Crippen molar-refractivity contribution >= 4 is 28.6 Å². The number of hydrogen-bond donors (Lipinski definition) is 1. The van der Waals surface area contributed by atoms with Gasteiger partial charge < -0.3 is 4.74 Å². The normalized spacial score (nSPS) is 10.8. The monoisotopic (exact) mass is 349 g/mol. The summed E-state index contributed by atoms with van der Waals surface area (Å²) < 4.78 is 5.45. The Morgan fingerprint density at radius 1 is 1.08 bits per heavy atom. The summed E-state index contributed by atoms with van der Waals surface area (Å²) in [4.78, 5) is 22.2. The third kappa shape index (κ3) is 4.21. The fourth-order valence-corrected chi connectivity index (χ4v) is 2.38. The van der Waals surface area contributed by atoms with Crippen LogP contribution in [0.4, 0.5) is 5.69 Å². The average Bonchev–Trinajstić information content (AvgIpc) is 2.66. The van der Waals surface area contributed by atoms with Gasteiger partial charge in [0.15, 0.2) is 6.61 Å². The van der Waals surface area contributed by atoms with Crippen LogP contribution in [0.5, 0.6) is 5.75 Å². The third-order valence-electron chi connectivity index (χ3n) is 3.62. The molecule has 0 aromatic heterocycles. The number of carbonyl (C=O) groups excluding carboxylic acids is 1. The zero-order valence-electron chi connectivity index (χ0n) is 13.7. The van der Waals surface area contributed by atoms with E-state index < -0.39 is 10.8 Å². The molecular formula is C19H15N3O4. The van der Waals surface area contributed by atoms with E-state index in [4.69, 9.17) is 4.74 Å². The van der Waals surface area contributed by atoms with Gasteiger partial charge in [-0.25, -0.2) is 5.43 Å². The largest absolute Gasteiger partial charge is 0.484 e. The van der Waals surface area contributed by atoms with E-state index in [0.29, 0.717) is 11.3 Å². The Bertz CT molecular complexity index is 985. The van der Waals surface area contributed by atoms with Crippen molar-refractivity contribution in [3.63, 3.8) is 0 Å². The van der Waals surface area contributed by atoms with Crippen molar-refractivity contribution in [2.24, 2.45) is 5.10 Å². The number of carbonyl (C=O) groups is 1. The minimum atomic E-state index is -0.508. The van der Waals surface area contributed by atoms with E-state index in [1.165, 1.54) is 12.3 Å². The van der Waals surface area contributed by atoms with Gasteiger partial charge in [-0.2, -0.15) is 5.10 Å². The summed E-state index contributed by atoms with van der Waals surface area (Å²) in [5, 5.41) is 16.7. The average molecular weight is 349 g/mol. The number of benzene rings is 3. The van der Waals surface area contributed by atoms with Crippen molar-refractivity contribution in [2.45, 2.75) is 0 Å². The van der Waals surface area contributed by atoms with E-state index in [9.17, 15) is 14.9 Å². The second-order valence-corrected chi connectivity index (χ2v) is 5.41. The lowest BCUT2D eigenvalue weighted by molar-refractivity contribution is -0.385. The van der Waals surface area contributed by atoms with Crippen LogP contribution in [0.3, 0.4) is 0 Å². The zero-order chi connectivity index (χ0) is 18.4. The van der Waals surface area contributed by atoms with Crippen LogP contribution >= 0.6 is 0 Å². The molecule has 1 N–H and O–H groups in total. The predicted octanol–water partition coefficient (Wildman–Crippen LogP) is 3.28. The fourth-order valence-electron chi connectivity index (χ4n) is 2.38. The van der Waals surface area contributed by atoms with Gasteiger partial charge in [-0.3, -0.25) is 14.9 Å². The van der Waals surface area contributed by atoms with Crippen LogP contribution in [0.15, 0.2) is 71.8 Å². The van der Waals surface area contributed by atoms with E-state index in [1.54, 1.807) is 24.3 Å². The molecule has 7 nitrogen and oxygen atoms in total. The molecule has 0 heterocycles. The molecule has 0 bridgehead atoms. The summed E-state index contributed by atoms with van der Waals surface area (Å²) in [6.45, 7) is -0.216. The molecule has 0 saturated carbocycles. The highest BCUT2D eigenvalue weighted by atomic mass is 16.6. The molecule has 26 heavy (non-hydrogen) atoms. The number of nitro groups is 1. The van der Waals surface area contributed by atoms with E-state index in [2.05, 4.69) is 10.5 Å². The second-order valence-electron chi connectivity index (χ2n) is 5.41. The fraction of sp³-hybridized carbons (Fsp3) is 0.0526. The molecule has 0 atom stereocenters. The van der Waals surface area contributed by atoms with Crippen LogP contribution < -0.4 is 10.2 Å². The van der Waals surface area contributed by atoms with Gasteiger partial charge in [0, 0.05) is 6.07 Å². The number of fused-ring (bicyclic) bond motifs is 1. The van der Waals surface area contributed by atoms with E-state index in [0.717, 1.165) is 10.8 Å². The van der Waals surface area contributed by atoms with Crippen LogP contribution in [-0.4, -0.2) is 23.7 Å². The van der Waals surface area contributed by atoms with Gasteiger partial charge in [0.25, 0.3) is 11.6 Å². The van der Waals surface area contributed by atoms with Crippen molar-refractivity contribution in [1.29, 1.82) is 0 Å². The number of hydrazone groups is 1. The summed E-state index contributed by atoms with van der Waals surface area (Å²) in [5.41, 5.74) is 2.50. The molecule has 0 aliphatic carbocycles. The molecule has 3 rings (SSSR count). The van der Waals surface area contributed by atoms with Crippen molar-refractivity contribution in [3.05, 3.63) is 82.4 Å². The highest BCUT2D eigenvalue weighted by molar-refractivity contribution is 5.87. The number of ether oxygens (including phenoxy) is 1. The number of para-hydroxylation sites is 1. The first kappa shape index (κ1) is 17.1. The SMILES string of the molecule is O=C(COc1ccc2ccccc2c1)N/N=C/c1ccccc1[N+](=O)[O-]. The van der Waals surface area contributed by atoms with Crippen LogP contribution in [0, 0.1) is 10.1 Å². The lowest BCUT2D eigenvalue weighted by Crippen LogP contribution is -2.24. The minimum absolute atomic E-state index is 0.0853. The van der Waals surface area contributed by atoms with Crippen LogP contribution in [0.25, 0.3) is 10.8 Å². The van der Waals surface area contributed by atoms with E-state index in [1.807, 2.05) is 36.4 Å². The predicted molar refractivity (Wildman–Crippen MR) is 98.3 cm³/mol. The van der Waals surface area contributed by atoms with Gasteiger partial charge in [0.1, 0.15) is 5.75 Å². The molecule has 0 spiro atoms. The van der Waals surface area contributed by atoms with Crippen LogP contribution in [-0.2, 0) is 4.79 Å². The van der Waals surface area contributed by atoms with E-state index in [-0.39, 0.29) is 12.3 Å². The number of rotatable bonds is 6. The molecule has 0 saturated heterocycles. The Hall–Kier alpha value is -3.74. The Balaban J connectivity index is 1.56. The van der Waals surface area contributed by atoms with Gasteiger partial charge in [0.2, 0.25) is 0 Å². The smallest absolute Gasteiger partial charge is 0.278 e. The number of nitro benzene ring substituents is 1. The molecule has 0 aliphatic heterocycles. The first-order valence-corrected chi connectivity index (χ1v) is 7.80. The maximum Gasteiger partial charge on any atom is 0.278 e. The standard InChI is InChI=1S/C19H15N3O4/c23-19(21-20-12-16-7-3-4-8-18(16)22(24)25)13-26-17-10-9-14-5-1-2-6-15(14)11-17/h1-12H,13H2,(H,21,23)/b20-12+. The zero-order valence-corrected chi connectivity index (χ0v) is 13.7. The first-order chi connectivity index (χ1) is 12.6. The molecule has 130 valence electrons. The molecule has 3 aromatic rings. The summed E-state index contributed by atoms with van der Waals surface area (Å²) in [6.07, 6.45) is 1.23. The summed E-state index contributed by atoms with van der Waals surface area (Å²) in [7, 11) is 0. The van der Waals surface area contributed by atoms with Gasteiger partial charge in [0.05, 0.1) is 16.7 Å². The molecule has 7 heteroatoms. The van der Waals surface area contributed by atoms with Crippen LogP contribution in [0.1, 0.15) is 5.56 Å². The minimum Gasteiger partial charge on any atom is -0.484 e. The van der Waals surface area contributed by atoms with Gasteiger partial charge in [-0.15, -0.1) is 0 Å². The lowest BCUT2D eigenvalue weighted by Gasteiger charge is -2.06. The highest BCUT2D eigenvalue weighted by Crippen LogP contribution is 2.20. The Kier molecular flexibility index (Phi) is 5.19. The second kappa shape index (κ2) is 7.89. The number of nitrogens with one attached hydrogen (secondary N) is 1. The maximum absolute atomic E-state index is 11.8. The highest BCUT2D eigenvalue weighted by Gasteiger charge is 2.10. The molecule has 0 radical (unpaired) electrons. The maximum atomic E-state index is 11.8. The topological polar surface area (TPSA) is 93.8 Å². The summed E-state index contributed by atoms with van der Waals surface area (Å²) >= 11 is 0. The van der Waals surface area contributed by atoms with Gasteiger partial charge in [-0.05, 0) is 29.0 Å². The molecule has 1 amide bonds. The van der Waals surface area contributed by atoms with Crippen molar-refractivity contribution in [2.75, 3.05) is 6.61 Å². The molecule has 0 aliphatic rings. The summed E-state index contributed by atoms with van der Waals surface area (Å²) in [5.74, 6) is 0.106. The van der Waals surface area contributed by atoms with Crippen molar-refractivity contribution in [3.8, 4) is 5.75 Å².